The van der Waals surface area contributed by atoms with Gasteiger partial charge in [-0.25, -0.2) is 0 Å². The van der Waals surface area contributed by atoms with Crippen LogP contribution >= 0.6 is 0 Å². The number of aliphatic hydroxyl groups excluding tert-OH is 1. The average molecular weight is 687 g/mol. The smallest absolute Gasteiger partial charge is 0.309 e. The highest BCUT2D eigenvalue weighted by Crippen LogP contribution is 2.26. The number of cyclic esters (lactones) is 1. The molecule has 0 bridgehead atoms. The van der Waals surface area contributed by atoms with Crippen LogP contribution in [0, 0.1) is 11.8 Å². The van der Waals surface area contributed by atoms with E-state index in [0.717, 1.165) is 33.6 Å². The van der Waals surface area contributed by atoms with Crippen LogP contribution < -0.4 is 10.1 Å². The number of carbonyl (C=O) groups excluding carboxylic acids is 3. The molecule has 0 saturated heterocycles. The van der Waals surface area contributed by atoms with Crippen molar-refractivity contribution in [3.63, 3.8) is 0 Å². The molecule has 0 spiro atoms. The van der Waals surface area contributed by atoms with E-state index in [-0.39, 0.29) is 49.4 Å². The number of amides is 2. The van der Waals surface area contributed by atoms with Crippen molar-refractivity contribution in [2.45, 2.75) is 63.8 Å². The van der Waals surface area contributed by atoms with E-state index in [2.05, 4.69) is 5.32 Å². The molecule has 8 nitrogen and oxygen atoms in total. The normalized spacial score (nSPS) is 21.0. The Morgan fingerprint density at radius 2 is 1.39 bits per heavy atom. The fraction of sp³-hybridized carbons (Fsp3) is 0.326. The van der Waals surface area contributed by atoms with Crippen LogP contribution in [0.25, 0.3) is 0 Å². The van der Waals surface area contributed by atoms with Crippen molar-refractivity contribution < 1.29 is 29.0 Å². The zero-order valence-electron chi connectivity index (χ0n) is 28.9. The summed E-state index contributed by atoms with van der Waals surface area (Å²) in [5, 5.41) is 13.3. The third-order valence-corrected chi connectivity index (χ3v) is 9.77. The van der Waals surface area contributed by atoms with Crippen LogP contribution in [-0.2, 0) is 51.5 Å². The lowest BCUT2D eigenvalue weighted by molar-refractivity contribution is -0.150. The zero-order chi connectivity index (χ0) is 35.4. The van der Waals surface area contributed by atoms with Gasteiger partial charge in [-0.3, -0.25) is 14.4 Å². The highest BCUT2D eigenvalue weighted by molar-refractivity contribution is 5.86. The maximum atomic E-state index is 13.9. The molecule has 0 unspecified atom stereocenters. The molecule has 0 fully saturated rings. The Labute approximate surface area is 300 Å². The Balaban J connectivity index is 1.18. The van der Waals surface area contributed by atoms with Crippen molar-refractivity contribution in [3.05, 3.63) is 149 Å². The van der Waals surface area contributed by atoms with E-state index in [9.17, 15) is 19.5 Å². The van der Waals surface area contributed by atoms with E-state index >= 15 is 0 Å². The maximum Gasteiger partial charge on any atom is 0.309 e. The van der Waals surface area contributed by atoms with Gasteiger partial charge in [-0.15, -0.1) is 0 Å². The lowest BCUT2D eigenvalue weighted by Crippen LogP contribution is -2.48. The lowest BCUT2D eigenvalue weighted by atomic mass is 9.91. The van der Waals surface area contributed by atoms with Crippen molar-refractivity contribution in [2.75, 3.05) is 13.2 Å². The van der Waals surface area contributed by atoms with Gasteiger partial charge >= 0.3 is 5.97 Å². The van der Waals surface area contributed by atoms with Gasteiger partial charge < -0.3 is 24.8 Å². The predicted molar refractivity (Wildman–Crippen MR) is 195 cm³/mol. The monoisotopic (exact) mass is 686 g/mol. The minimum absolute atomic E-state index is 0.00198. The Bertz CT molecular complexity index is 1780. The summed E-state index contributed by atoms with van der Waals surface area (Å²) in [7, 11) is 0. The van der Waals surface area contributed by atoms with E-state index < -0.39 is 12.0 Å². The van der Waals surface area contributed by atoms with Gasteiger partial charge in [0.05, 0.1) is 30.5 Å². The maximum absolute atomic E-state index is 13.9. The second-order valence-corrected chi connectivity index (χ2v) is 13.5. The molecule has 2 amide bonds. The summed E-state index contributed by atoms with van der Waals surface area (Å²) in [5.41, 5.74) is 5.25. The van der Waals surface area contributed by atoms with Gasteiger partial charge in [-0.2, -0.15) is 0 Å². The van der Waals surface area contributed by atoms with Crippen LogP contribution in [0.5, 0.6) is 5.75 Å². The molecule has 2 aliphatic heterocycles. The first-order valence-corrected chi connectivity index (χ1v) is 17.8. The van der Waals surface area contributed by atoms with E-state index in [1.54, 1.807) is 4.90 Å². The number of nitrogens with one attached hydrogen (secondary N) is 1. The van der Waals surface area contributed by atoms with Gasteiger partial charge in [0, 0.05) is 13.0 Å². The van der Waals surface area contributed by atoms with Gasteiger partial charge in [-0.1, -0.05) is 109 Å². The molecule has 51 heavy (non-hydrogen) atoms. The highest BCUT2D eigenvalue weighted by atomic mass is 16.5. The van der Waals surface area contributed by atoms with Gasteiger partial charge in [0.15, 0.2) is 0 Å². The topological polar surface area (TPSA) is 105 Å². The van der Waals surface area contributed by atoms with Crippen LogP contribution in [0.1, 0.15) is 47.1 Å². The molecule has 0 aromatic heterocycles. The summed E-state index contributed by atoms with van der Waals surface area (Å²) in [6.07, 6.45) is 6.17. The molecule has 6 rings (SSSR count). The molecule has 4 aromatic rings. The Morgan fingerprint density at radius 3 is 2.10 bits per heavy atom. The Hall–Kier alpha value is -5.21. The molecule has 0 radical (unpaired) electrons. The van der Waals surface area contributed by atoms with Crippen LogP contribution in [0.2, 0.25) is 0 Å². The molecule has 2 aliphatic rings. The molecule has 0 aliphatic carbocycles. The minimum Gasteiger partial charge on any atom is -0.489 e. The number of nitrogens with zero attached hydrogens (tertiary/aromatic N) is 1. The summed E-state index contributed by atoms with van der Waals surface area (Å²) in [5.74, 6) is -1.03. The molecule has 2 heterocycles. The third kappa shape index (κ3) is 9.95. The first-order valence-electron chi connectivity index (χ1n) is 17.8. The minimum atomic E-state index is -0.635. The number of esters is 1. The van der Waals surface area contributed by atoms with Crippen LogP contribution in [-0.4, -0.2) is 53.1 Å². The first-order chi connectivity index (χ1) is 24.9. The van der Waals surface area contributed by atoms with Crippen molar-refractivity contribution in [1.29, 1.82) is 0 Å². The number of aliphatic hydroxyl groups is 1. The average Bonchev–Trinajstić information content (AvgIpc) is 3.17. The van der Waals surface area contributed by atoms with Gasteiger partial charge in [-0.05, 0) is 72.1 Å². The quantitative estimate of drug-likeness (QED) is 0.157. The number of fused-ring (bicyclic) bond motifs is 1. The number of rotatable bonds is 10. The largest absolute Gasteiger partial charge is 0.489 e. The molecule has 4 atom stereocenters. The van der Waals surface area contributed by atoms with Crippen molar-refractivity contribution >= 4 is 17.8 Å². The molecule has 264 valence electrons. The SMILES string of the molecule is O=C1N[C@@H](Cc2ccc(OCc3ccccc3)cc2)COC(=O)[C@@H](Cc2ccccc2)CC=CC[C@@H]1CC(=O)N1Cc2ccccc2C[C@H]1CO. The van der Waals surface area contributed by atoms with Crippen molar-refractivity contribution in [2.24, 2.45) is 11.8 Å². The Kier molecular flexibility index (Phi) is 12.3. The fourth-order valence-corrected chi connectivity index (χ4v) is 6.85. The van der Waals surface area contributed by atoms with Gasteiger partial charge in [0.1, 0.15) is 19.0 Å². The standard InChI is InChI=1S/C43H46N2O6/c46-28-39-25-34-15-7-10-18-37(34)27-45(39)41(47)26-35-16-8-9-17-36(23-31-11-3-1-4-12-31)43(49)51-30-38(44-42(35)48)24-32-19-21-40(22-20-32)50-29-33-13-5-2-6-14-33/h1-15,18-22,35-36,38-39,46H,16-17,23-30H2,(H,44,48)/t35-,36-,38+,39+/m1/s1. The van der Waals surface area contributed by atoms with E-state index in [1.807, 2.05) is 121 Å². The summed E-state index contributed by atoms with van der Waals surface area (Å²) in [4.78, 5) is 42.9. The summed E-state index contributed by atoms with van der Waals surface area (Å²) >= 11 is 0. The molecular formula is C43H46N2O6. The number of carbonyl (C=O) groups is 3. The number of allylic oxidation sites excluding steroid dienone is 2. The van der Waals surface area contributed by atoms with Crippen molar-refractivity contribution in [1.82, 2.24) is 10.2 Å². The van der Waals surface area contributed by atoms with E-state index in [0.29, 0.717) is 45.3 Å². The van der Waals surface area contributed by atoms with Crippen LogP contribution in [0.4, 0.5) is 0 Å². The number of hydrogen-bond acceptors (Lipinski definition) is 6. The second-order valence-electron chi connectivity index (χ2n) is 13.5. The molecule has 8 heteroatoms. The van der Waals surface area contributed by atoms with E-state index in [4.69, 9.17) is 9.47 Å². The summed E-state index contributed by atoms with van der Waals surface area (Å²) in [6, 6.07) is 34.6. The number of benzene rings is 4. The van der Waals surface area contributed by atoms with Gasteiger partial charge in [0.2, 0.25) is 11.8 Å². The lowest BCUT2D eigenvalue weighted by Gasteiger charge is -2.36. The van der Waals surface area contributed by atoms with Crippen LogP contribution in [0.15, 0.2) is 121 Å². The fourth-order valence-electron chi connectivity index (χ4n) is 6.85. The number of hydrogen-bond donors (Lipinski definition) is 2. The second kappa shape index (κ2) is 17.6. The van der Waals surface area contributed by atoms with Crippen LogP contribution in [0.3, 0.4) is 0 Å². The highest BCUT2D eigenvalue weighted by Gasteiger charge is 2.33. The predicted octanol–water partition coefficient (Wildman–Crippen LogP) is 6.00. The summed E-state index contributed by atoms with van der Waals surface area (Å²) in [6.45, 7) is 0.705. The first kappa shape index (κ1) is 35.6. The van der Waals surface area contributed by atoms with Crippen molar-refractivity contribution in [3.8, 4) is 5.75 Å². The van der Waals surface area contributed by atoms with E-state index in [1.165, 1.54) is 0 Å². The third-order valence-electron chi connectivity index (χ3n) is 9.77. The Morgan fingerprint density at radius 1 is 0.765 bits per heavy atom. The zero-order valence-corrected chi connectivity index (χ0v) is 28.9. The molecular weight excluding hydrogens is 640 g/mol. The number of ether oxygens (including phenoxy) is 2. The van der Waals surface area contributed by atoms with Gasteiger partial charge in [0.25, 0.3) is 0 Å². The summed E-state index contributed by atoms with van der Waals surface area (Å²) < 4.78 is 11.9. The molecule has 2 N–H and O–H groups in total. The molecule has 4 aromatic carbocycles. The molecule has 0 saturated carbocycles.